The molecule has 0 aromatic carbocycles. The smallest absolute Gasteiger partial charge is 0.133 e. The molecule has 2 unspecified atom stereocenters. The molecule has 0 amide bonds. The molecule has 2 heteroatoms. The Morgan fingerprint density at radius 3 is 2.65 bits per heavy atom. The summed E-state index contributed by atoms with van der Waals surface area (Å²) in [6, 6.07) is 0. The number of carbonyl (C=O) groups is 1. The van der Waals surface area contributed by atoms with Crippen LogP contribution in [0.2, 0.25) is 0 Å². The lowest BCUT2D eigenvalue weighted by molar-refractivity contribution is -0.138. The minimum Gasteiger partial charge on any atom is -0.375 e. The molecule has 0 N–H and O–H groups in total. The summed E-state index contributed by atoms with van der Waals surface area (Å²) < 4.78 is 6.10. The van der Waals surface area contributed by atoms with E-state index in [9.17, 15) is 4.79 Å². The van der Waals surface area contributed by atoms with Crippen molar-refractivity contribution in [3.63, 3.8) is 0 Å². The van der Waals surface area contributed by atoms with E-state index in [-0.39, 0.29) is 11.5 Å². The maximum atomic E-state index is 11.7. The summed E-state index contributed by atoms with van der Waals surface area (Å²) >= 11 is 0. The van der Waals surface area contributed by atoms with Crippen molar-refractivity contribution in [2.45, 2.75) is 70.8 Å². The first kappa shape index (κ1) is 13.1. The van der Waals surface area contributed by atoms with Gasteiger partial charge in [-0.25, -0.2) is 0 Å². The summed E-state index contributed by atoms with van der Waals surface area (Å²) in [5, 5.41) is 0. The molecule has 1 heterocycles. The molecule has 2 rings (SSSR count). The molecule has 0 aromatic heterocycles. The molecule has 2 fully saturated rings. The van der Waals surface area contributed by atoms with E-state index in [0.29, 0.717) is 11.7 Å². The summed E-state index contributed by atoms with van der Waals surface area (Å²) in [7, 11) is 0. The van der Waals surface area contributed by atoms with Crippen LogP contribution < -0.4 is 0 Å². The van der Waals surface area contributed by atoms with E-state index in [4.69, 9.17) is 4.74 Å². The first-order chi connectivity index (χ1) is 8.17. The Morgan fingerprint density at radius 1 is 1.35 bits per heavy atom. The van der Waals surface area contributed by atoms with Crippen LogP contribution in [0.4, 0.5) is 0 Å². The molecule has 1 aliphatic carbocycles. The average molecular weight is 238 g/mol. The summed E-state index contributed by atoms with van der Waals surface area (Å²) in [6.07, 6.45) is 9.63. The van der Waals surface area contributed by atoms with Crippen molar-refractivity contribution >= 4 is 5.78 Å². The van der Waals surface area contributed by atoms with Crippen LogP contribution in [0.15, 0.2) is 0 Å². The zero-order chi connectivity index (χ0) is 12.3. The van der Waals surface area contributed by atoms with Crippen LogP contribution in [-0.4, -0.2) is 18.0 Å². The first-order valence-electron chi connectivity index (χ1n) is 7.31. The van der Waals surface area contributed by atoms with Crippen LogP contribution in [0.3, 0.4) is 0 Å². The number of rotatable bonds is 3. The van der Waals surface area contributed by atoms with Crippen LogP contribution in [0.5, 0.6) is 0 Å². The highest BCUT2D eigenvalue weighted by Gasteiger charge is 2.41. The lowest BCUT2D eigenvalue weighted by Gasteiger charge is -2.45. The van der Waals surface area contributed by atoms with E-state index in [0.717, 1.165) is 25.9 Å². The number of hydrogen-bond donors (Lipinski definition) is 0. The summed E-state index contributed by atoms with van der Waals surface area (Å²) in [6.45, 7) is 4.78. The Hall–Kier alpha value is -0.370. The van der Waals surface area contributed by atoms with Crippen molar-refractivity contribution in [3.8, 4) is 0 Å². The molecule has 1 saturated heterocycles. The molecule has 2 nitrogen and oxygen atoms in total. The second-order valence-electron chi connectivity index (χ2n) is 5.97. The standard InChI is InChI=1S/C15H26O2/c1-3-14(12(2)16)13-7-10-17-15(11-13)8-5-4-6-9-15/h13-14H,3-11H2,1-2H3. The third kappa shape index (κ3) is 2.90. The molecule has 1 aliphatic heterocycles. The van der Waals surface area contributed by atoms with Crippen molar-refractivity contribution in [3.05, 3.63) is 0 Å². The van der Waals surface area contributed by atoms with Crippen molar-refractivity contribution in [1.29, 1.82) is 0 Å². The van der Waals surface area contributed by atoms with Crippen LogP contribution in [0.25, 0.3) is 0 Å². The minimum atomic E-state index is 0.143. The van der Waals surface area contributed by atoms with Crippen LogP contribution in [-0.2, 0) is 9.53 Å². The molecule has 0 aromatic rings. The molecule has 2 aliphatic rings. The van der Waals surface area contributed by atoms with Gasteiger partial charge in [0.05, 0.1) is 5.60 Å². The SMILES string of the molecule is CCC(C(C)=O)C1CCOC2(CCCCC2)C1. The van der Waals surface area contributed by atoms with E-state index in [1.807, 2.05) is 0 Å². The minimum absolute atomic E-state index is 0.143. The fourth-order valence-electron chi connectivity index (χ4n) is 3.91. The summed E-state index contributed by atoms with van der Waals surface area (Å²) in [5.41, 5.74) is 0.143. The van der Waals surface area contributed by atoms with Crippen LogP contribution >= 0.6 is 0 Å². The van der Waals surface area contributed by atoms with E-state index in [1.165, 1.54) is 32.1 Å². The van der Waals surface area contributed by atoms with Gasteiger partial charge < -0.3 is 4.74 Å². The van der Waals surface area contributed by atoms with Crippen molar-refractivity contribution < 1.29 is 9.53 Å². The number of carbonyl (C=O) groups excluding carboxylic acids is 1. The quantitative estimate of drug-likeness (QED) is 0.749. The second kappa shape index (κ2) is 5.51. The molecular formula is C15H26O2. The van der Waals surface area contributed by atoms with Crippen molar-refractivity contribution in [1.82, 2.24) is 0 Å². The van der Waals surface area contributed by atoms with Gasteiger partial charge in [0.2, 0.25) is 0 Å². The topological polar surface area (TPSA) is 26.3 Å². The predicted molar refractivity (Wildman–Crippen MR) is 69.0 cm³/mol. The van der Waals surface area contributed by atoms with Crippen molar-refractivity contribution in [2.24, 2.45) is 11.8 Å². The maximum absolute atomic E-state index is 11.7. The lowest BCUT2D eigenvalue weighted by atomic mass is 9.71. The van der Waals surface area contributed by atoms with E-state index in [2.05, 4.69) is 6.92 Å². The van der Waals surface area contributed by atoms with Gasteiger partial charge in [-0.3, -0.25) is 4.79 Å². The molecule has 17 heavy (non-hydrogen) atoms. The molecule has 98 valence electrons. The average Bonchev–Trinajstić information content (AvgIpc) is 2.30. The molecule has 1 spiro atoms. The molecule has 0 radical (unpaired) electrons. The van der Waals surface area contributed by atoms with Crippen LogP contribution in [0.1, 0.15) is 65.2 Å². The van der Waals surface area contributed by atoms with Gasteiger partial charge in [-0.1, -0.05) is 26.2 Å². The lowest BCUT2D eigenvalue weighted by Crippen LogP contribution is -2.44. The zero-order valence-electron chi connectivity index (χ0n) is 11.3. The van der Waals surface area contributed by atoms with Gasteiger partial charge in [-0.2, -0.15) is 0 Å². The van der Waals surface area contributed by atoms with E-state index >= 15 is 0 Å². The second-order valence-corrected chi connectivity index (χ2v) is 5.97. The van der Waals surface area contributed by atoms with Gasteiger partial charge in [0, 0.05) is 12.5 Å². The number of ether oxygens (including phenoxy) is 1. The Kier molecular flexibility index (Phi) is 4.24. The fourth-order valence-corrected chi connectivity index (χ4v) is 3.91. The Morgan fingerprint density at radius 2 is 2.06 bits per heavy atom. The highest BCUT2D eigenvalue weighted by atomic mass is 16.5. The molecule has 1 saturated carbocycles. The fraction of sp³-hybridized carbons (Fsp3) is 0.933. The number of ketones is 1. The van der Waals surface area contributed by atoms with E-state index in [1.54, 1.807) is 6.92 Å². The monoisotopic (exact) mass is 238 g/mol. The Bertz CT molecular complexity index is 261. The highest BCUT2D eigenvalue weighted by Crippen LogP contribution is 2.43. The zero-order valence-corrected chi connectivity index (χ0v) is 11.3. The Labute approximate surface area is 105 Å². The highest BCUT2D eigenvalue weighted by molar-refractivity contribution is 5.78. The van der Waals surface area contributed by atoms with Crippen molar-refractivity contribution in [2.75, 3.05) is 6.61 Å². The Balaban J connectivity index is 2.02. The first-order valence-corrected chi connectivity index (χ1v) is 7.31. The summed E-state index contributed by atoms with van der Waals surface area (Å²) in [5.74, 6) is 1.23. The maximum Gasteiger partial charge on any atom is 0.133 e. The van der Waals surface area contributed by atoms with Gasteiger partial charge in [0.15, 0.2) is 0 Å². The molecule has 0 bridgehead atoms. The van der Waals surface area contributed by atoms with Gasteiger partial charge in [-0.15, -0.1) is 0 Å². The number of hydrogen-bond acceptors (Lipinski definition) is 2. The van der Waals surface area contributed by atoms with Gasteiger partial charge in [0.25, 0.3) is 0 Å². The van der Waals surface area contributed by atoms with Gasteiger partial charge in [0.1, 0.15) is 5.78 Å². The largest absolute Gasteiger partial charge is 0.375 e. The molecular weight excluding hydrogens is 212 g/mol. The summed E-state index contributed by atoms with van der Waals surface area (Å²) in [4.78, 5) is 11.7. The molecule has 2 atom stereocenters. The van der Waals surface area contributed by atoms with E-state index < -0.39 is 0 Å². The third-order valence-corrected chi connectivity index (χ3v) is 4.83. The predicted octanol–water partition coefficient (Wildman–Crippen LogP) is 3.73. The van der Waals surface area contributed by atoms with Crippen LogP contribution in [0, 0.1) is 11.8 Å². The number of Topliss-reactive ketones (excluding diaryl/α,β-unsaturated/α-hetero) is 1. The third-order valence-electron chi connectivity index (χ3n) is 4.83. The van der Waals surface area contributed by atoms with Gasteiger partial charge >= 0.3 is 0 Å². The normalized spacial score (nSPS) is 30.1. The van der Waals surface area contributed by atoms with Gasteiger partial charge in [-0.05, 0) is 44.9 Å².